The van der Waals surface area contributed by atoms with Crippen molar-refractivity contribution in [3.05, 3.63) is 28.6 Å². The Hall–Kier alpha value is -2.43. The van der Waals surface area contributed by atoms with Gasteiger partial charge in [-0.3, -0.25) is 0 Å². The molecular weight excluding hydrogens is 345 g/mol. The molecule has 7 nitrogen and oxygen atoms in total. The molecule has 0 radical (unpaired) electrons. The monoisotopic (exact) mass is 354 g/mol. The van der Waals surface area contributed by atoms with Crippen LogP contribution >= 0.6 is 0 Å². The van der Waals surface area contributed by atoms with E-state index in [2.05, 4.69) is 4.18 Å². The van der Waals surface area contributed by atoms with Gasteiger partial charge in [0.2, 0.25) is 5.75 Å². The second kappa shape index (κ2) is 5.65. The lowest BCUT2D eigenvalue weighted by Gasteiger charge is -2.10. The van der Waals surface area contributed by atoms with Gasteiger partial charge in [0, 0.05) is 17.5 Å². The Morgan fingerprint density at radius 1 is 1.00 bits per heavy atom. The molecule has 126 valence electrons. The van der Waals surface area contributed by atoms with E-state index in [9.17, 15) is 26.4 Å². The van der Waals surface area contributed by atoms with Gasteiger partial charge in [-0.05, 0) is 6.07 Å². The minimum absolute atomic E-state index is 0.0515. The van der Waals surface area contributed by atoms with Crippen molar-refractivity contribution in [2.75, 3.05) is 14.2 Å². The van der Waals surface area contributed by atoms with Crippen LogP contribution in [0.4, 0.5) is 13.2 Å². The van der Waals surface area contributed by atoms with Crippen LogP contribution in [-0.4, -0.2) is 28.1 Å². The Labute approximate surface area is 127 Å². The Morgan fingerprint density at radius 3 is 2.04 bits per heavy atom. The highest BCUT2D eigenvalue weighted by Gasteiger charge is 2.49. The summed E-state index contributed by atoms with van der Waals surface area (Å²) in [5.74, 6) is -0.722. The normalized spacial score (nSPS) is 12.2. The number of alkyl halides is 3. The zero-order valence-corrected chi connectivity index (χ0v) is 12.4. The first-order valence-corrected chi connectivity index (χ1v) is 7.20. The van der Waals surface area contributed by atoms with E-state index >= 15 is 0 Å². The molecule has 1 aromatic heterocycles. The average molecular weight is 354 g/mol. The van der Waals surface area contributed by atoms with E-state index in [-0.39, 0.29) is 22.5 Å². The zero-order valence-electron chi connectivity index (χ0n) is 11.6. The van der Waals surface area contributed by atoms with E-state index in [1.54, 1.807) is 0 Å². The predicted octanol–water partition coefficient (Wildman–Crippen LogP) is 2.04. The van der Waals surface area contributed by atoms with Crippen molar-refractivity contribution in [1.29, 1.82) is 0 Å². The maximum Gasteiger partial charge on any atom is 0.534 e. The second-order valence-corrected chi connectivity index (χ2v) is 5.66. The third-order valence-electron chi connectivity index (χ3n) is 2.69. The van der Waals surface area contributed by atoms with E-state index in [0.29, 0.717) is 0 Å². The number of fused-ring (bicyclic) bond motifs is 1. The maximum atomic E-state index is 12.3. The molecule has 0 unspecified atom stereocenters. The lowest BCUT2D eigenvalue weighted by molar-refractivity contribution is -0.0500. The lowest BCUT2D eigenvalue weighted by Crippen LogP contribution is -2.29. The summed E-state index contributed by atoms with van der Waals surface area (Å²) in [6.45, 7) is 0. The van der Waals surface area contributed by atoms with E-state index in [0.717, 1.165) is 6.07 Å². The number of hydrogen-bond donors (Lipinski definition) is 0. The van der Waals surface area contributed by atoms with Crippen molar-refractivity contribution < 1.29 is 39.7 Å². The van der Waals surface area contributed by atoms with Gasteiger partial charge in [-0.2, -0.15) is 21.6 Å². The summed E-state index contributed by atoms with van der Waals surface area (Å²) < 4.78 is 77.3. The molecule has 11 heteroatoms. The number of ether oxygens (including phenoxy) is 2. The number of halogens is 3. The molecule has 0 bridgehead atoms. The van der Waals surface area contributed by atoms with Crippen LogP contribution in [0.2, 0.25) is 0 Å². The van der Waals surface area contributed by atoms with Gasteiger partial charge in [0.15, 0.2) is 11.5 Å². The van der Waals surface area contributed by atoms with Crippen LogP contribution in [0.1, 0.15) is 0 Å². The van der Waals surface area contributed by atoms with Crippen molar-refractivity contribution in [3.63, 3.8) is 0 Å². The molecule has 23 heavy (non-hydrogen) atoms. The topological polar surface area (TPSA) is 92.0 Å². The highest BCUT2D eigenvalue weighted by molar-refractivity contribution is 7.87. The Kier molecular flexibility index (Phi) is 4.16. The smallest absolute Gasteiger partial charge is 0.493 e. The summed E-state index contributed by atoms with van der Waals surface area (Å²) >= 11 is 0. The van der Waals surface area contributed by atoms with Gasteiger partial charge in [-0.15, -0.1) is 0 Å². The van der Waals surface area contributed by atoms with Crippen LogP contribution in [-0.2, 0) is 10.1 Å². The fraction of sp³-hybridized carbons (Fsp3) is 0.250. The fourth-order valence-corrected chi connectivity index (χ4v) is 2.10. The summed E-state index contributed by atoms with van der Waals surface area (Å²) in [6.07, 6.45) is 0. The lowest BCUT2D eigenvalue weighted by atomic mass is 10.2. The van der Waals surface area contributed by atoms with Crippen LogP contribution in [0, 0.1) is 0 Å². The molecule has 0 saturated heterocycles. The fourth-order valence-electron chi connectivity index (χ4n) is 1.65. The molecule has 0 N–H and O–H groups in total. The first kappa shape index (κ1) is 16.9. The standard InChI is InChI=1S/C12H9F3O7S/c1-19-8-3-6-4-10(22-23(17,18)12(13,14)15)11(16)21-7(6)5-9(8)20-2/h3-5H,1-2H3. The van der Waals surface area contributed by atoms with Gasteiger partial charge in [-0.1, -0.05) is 0 Å². The van der Waals surface area contributed by atoms with Gasteiger partial charge >= 0.3 is 21.3 Å². The molecule has 0 saturated carbocycles. The van der Waals surface area contributed by atoms with E-state index < -0.39 is 27.0 Å². The molecule has 2 aromatic rings. The first-order chi connectivity index (χ1) is 10.6. The van der Waals surface area contributed by atoms with Crippen molar-refractivity contribution in [3.8, 4) is 17.2 Å². The Balaban J connectivity index is 2.60. The van der Waals surface area contributed by atoms with Crippen molar-refractivity contribution in [2.24, 2.45) is 0 Å². The molecule has 0 atom stereocenters. The summed E-state index contributed by atoms with van der Waals surface area (Å²) in [5, 5.41) is 0.0784. The molecule has 0 aliphatic heterocycles. The van der Waals surface area contributed by atoms with Crippen LogP contribution in [0.25, 0.3) is 11.0 Å². The average Bonchev–Trinajstić information content (AvgIpc) is 2.45. The molecule has 0 spiro atoms. The third kappa shape index (κ3) is 3.18. The summed E-state index contributed by atoms with van der Waals surface area (Å²) in [7, 11) is -3.34. The quantitative estimate of drug-likeness (QED) is 0.471. The molecule has 0 amide bonds. The second-order valence-electron chi connectivity index (χ2n) is 4.13. The van der Waals surface area contributed by atoms with Gasteiger partial charge in [0.05, 0.1) is 14.2 Å². The number of rotatable bonds is 4. The molecule has 0 aliphatic rings. The van der Waals surface area contributed by atoms with E-state index in [4.69, 9.17) is 13.9 Å². The summed E-state index contributed by atoms with van der Waals surface area (Å²) in [4.78, 5) is 11.6. The van der Waals surface area contributed by atoms with Gasteiger partial charge in [0.25, 0.3) is 0 Å². The molecule has 1 aromatic carbocycles. The highest BCUT2D eigenvalue weighted by atomic mass is 32.2. The maximum absolute atomic E-state index is 12.3. The molecule has 2 rings (SSSR count). The van der Waals surface area contributed by atoms with Crippen LogP contribution in [0.5, 0.6) is 17.2 Å². The number of hydrogen-bond acceptors (Lipinski definition) is 7. The van der Waals surface area contributed by atoms with E-state index in [1.165, 1.54) is 26.4 Å². The highest BCUT2D eigenvalue weighted by Crippen LogP contribution is 2.33. The minimum atomic E-state index is -5.99. The summed E-state index contributed by atoms with van der Waals surface area (Å²) in [5.41, 5.74) is -7.12. The van der Waals surface area contributed by atoms with Gasteiger partial charge < -0.3 is 18.1 Å². The Morgan fingerprint density at radius 2 is 1.52 bits per heavy atom. The largest absolute Gasteiger partial charge is 0.534 e. The summed E-state index contributed by atoms with van der Waals surface area (Å²) in [6, 6.07) is 3.34. The first-order valence-electron chi connectivity index (χ1n) is 5.79. The predicted molar refractivity (Wildman–Crippen MR) is 71.2 cm³/mol. The van der Waals surface area contributed by atoms with Crippen LogP contribution in [0.15, 0.2) is 27.4 Å². The van der Waals surface area contributed by atoms with Gasteiger partial charge in [0.1, 0.15) is 5.58 Å². The Bertz CT molecular complexity index is 899. The van der Waals surface area contributed by atoms with Crippen molar-refractivity contribution >= 4 is 21.1 Å². The SMILES string of the molecule is COc1cc2cc(OS(=O)(=O)C(F)(F)F)c(=O)oc2cc1OC. The van der Waals surface area contributed by atoms with E-state index in [1.807, 2.05) is 0 Å². The van der Waals surface area contributed by atoms with Crippen molar-refractivity contribution in [1.82, 2.24) is 0 Å². The third-order valence-corrected chi connectivity index (χ3v) is 3.66. The number of methoxy groups -OCH3 is 2. The molecule has 0 aliphatic carbocycles. The number of benzene rings is 1. The molecule has 1 heterocycles. The minimum Gasteiger partial charge on any atom is -0.493 e. The van der Waals surface area contributed by atoms with Crippen LogP contribution in [0.3, 0.4) is 0 Å². The molecule has 0 fully saturated rings. The molecular formula is C12H9F3O7S. The zero-order chi connectivity index (χ0) is 17.4. The van der Waals surface area contributed by atoms with Crippen molar-refractivity contribution in [2.45, 2.75) is 5.51 Å². The van der Waals surface area contributed by atoms with Crippen LogP contribution < -0.4 is 19.3 Å². The van der Waals surface area contributed by atoms with Gasteiger partial charge in [-0.25, -0.2) is 4.79 Å².